The van der Waals surface area contributed by atoms with E-state index in [9.17, 15) is 9.18 Å². The Bertz CT molecular complexity index is 993. The predicted octanol–water partition coefficient (Wildman–Crippen LogP) is 4.52. The molecule has 0 atom stereocenters. The Balaban J connectivity index is 1.59. The third kappa shape index (κ3) is 5.47. The first kappa shape index (κ1) is 21.6. The molecule has 3 aromatic rings. The van der Waals surface area contributed by atoms with Crippen LogP contribution < -0.4 is 10.1 Å². The van der Waals surface area contributed by atoms with E-state index in [0.717, 1.165) is 34.0 Å². The second-order valence-corrected chi connectivity index (χ2v) is 7.84. The number of nitrogens with zero attached hydrogens (tertiary/aromatic N) is 2. The monoisotopic (exact) mass is 409 g/mol. The molecule has 1 aromatic heterocycles. The predicted molar refractivity (Wildman–Crippen MR) is 115 cm³/mol. The molecular formula is C24H28FN3O2. The van der Waals surface area contributed by atoms with Crippen molar-refractivity contribution in [1.82, 2.24) is 15.1 Å². The van der Waals surface area contributed by atoms with E-state index in [-0.39, 0.29) is 18.1 Å². The summed E-state index contributed by atoms with van der Waals surface area (Å²) in [5.41, 5.74) is 4.33. The minimum absolute atomic E-state index is 0.0695. The molecule has 0 fully saturated rings. The summed E-state index contributed by atoms with van der Waals surface area (Å²) in [6.07, 6.45) is 0.244. The van der Waals surface area contributed by atoms with Crippen molar-refractivity contribution >= 4 is 5.91 Å². The number of carbonyl (C=O) groups is 1. The van der Waals surface area contributed by atoms with E-state index >= 15 is 0 Å². The maximum atomic E-state index is 13.2. The lowest BCUT2D eigenvalue weighted by Crippen LogP contribution is -2.25. The van der Waals surface area contributed by atoms with Crippen molar-refractivity contribution in [3.05, 3.63) is 76.9 Å². The van der Waals surface area contributed by atoms with Gasteiger partial charge in [-0.25, -0.2) is 9.07 Å². The van der Waals surface area contributed by atoms with Gasteiger partial charge < -0.3 is 10.1 Å². The number of hydrogen-bond donors (Lipinski definition) is 1. The van der Waals surface area contributed by atoms with Gasteiger partial charge in [-0.1, -0.05) is 26.0 Å². The summed E-state index contributed by atoms with van der Waals surface area (Å²) in [6.45, 7) is 9.15. The number of ether oxygens (including phenoxy) is 1. The molecule has 1 N–H and O–H groups in total. The Morgan fingerprint density at radius 1 is 1.10 bits per heavy atom. The number of rotatable bonds is 8. The molecule has 0 unspecified atom stereocenters. The van der Waals surface area contributed by atoms with Crippen molar-refractivity contribution in [2.24, 2.45) is 5.92 Å². The molecule has 0 spiro atoms. The van der Waals surface area contributed by atoms with E-state index in [4.69, 9.17) is 4.74 Å². The van der Waals surface area contributed by atoms with Crippen LogP contribution in [0.3, 0.4) is 0 Å². The highest BCUT2D eigenvalue weighted by atomic mass is 19.1. The molecule has 30 heavy (non-hydrogen) atoms. The lowest BCUT2D eigenvalue weighted by Gasteiger charge is -2.10. The molecule has 6 heteroatoms. The van der Waals surface area contributed by atoms with Crippen molar-refractivity contribution < 1.29 is 13.9 Å². The summed E-state index contributed by atoms with van der Waals surface area (Å²) in [7, 11) is 0. The number of hydrogen-bond acceptors (Lipinski definition) is 3. The van der Waals surface area contributed by atoms with E-state index in [1.807, 2.05) is 38.1 Å². The van der Waals surface area contributed by atoms with Crippen LogP contribution in [0.15, 0.2) is 48.5 Å². The van der Waals surface area contributed by atoms with Gasteiger partial charge in [0.15, 0.2) is 0 Å². The van der Waals surface area contributed by atoms with Crippen molar-refractivity contribution in [3.63, 3.8) is 0 Å². The average molecular weight is 410 g/mol. The van der Waals surface area contributed by atoms with E-state index in [0.29, 0.717) is 19.1 Å². The molecule has 158 valence electrons. The highest BCUT2D eigenvalue weighted by Gasteiger charge is 2.16. The van der Waals surface area contributed by atoms with E-state index < -0.39 is 0 Å². The van der Waals surface area contributed by atoms with Crippen molar-refractivity contribution in [2.75, 3.05) is 6.61 Å². The largest absolute Gasteiger partial charge is 0.493 e. The van der Waals surface area contributed by atoms with Gasteiger partial charge in [-0.3, -0.25) is 4.79 Å². The summed E-state index contributed by atoms with van der Waals surface area (Å²) < 4.78 is 20.6. The van der Waals surface area contributed by atoms with Crippen LogP contribution in [-0.4, -0.2) is 22.3 Å². The highest BCUT2D eigenvalue weighted by molar-refractivity contribution is 5.79. The lowest BCUT2D eigenvalue weighted by atomic mass is 10.1. The van der Waals surface area contributed by atoms with Crippen LogP contribution in [0.25, 0.3) is 5.69 Å². The van der Waals surface area contributed by atoms with Crippen LogP contribution in [-0.2, 0) is 17.8 Å². The molecule has 3 rings (SSSR count). The molecule has 5 nitrogen and oxygen atoms in total. The smallest absolute Gasteiger partial charge is 0.224 e. The number of aromatic nitrogens is 2. The standard InChI is InChI=1S/C24H28FN3O2/c1-16(2)15-30-22-11-5-19(6-12-22)14-26-24(29)13-23-17(3)27-28(18(23)4)21-9-7-20(25)8-10-21/h5-12,16H,13-15H2,1-4H3,(H,26,29). The van der Waals surface area contributed by atoms with Crippen LogP contribution >= 0.6 is 0 Å². The van der Waals surface area contributed by atoms with Gasteiger partial charge in [-0.15, -0.1) is 0 Å². The van der Waals surface area contributed by atoms with Crippen molar-refractivity contribution in [1.29, 1.82) is 0 Å². The fraction of sp³-hybridized carbons (Fsp3) is 0.333. The summed E-state index contributed by atoms with van der Waals surface area (Å²) in [6, 6.07) is 13.9. The van der Waals surface area contributed by atoms with E-state index in [1.54, 1.807) is 16.8 Å². The molecule has 0 aliphatic rings. The first-order valence-corrected chi connectivity index (χ1v) is 10.1. The number of amides is 1. The zero-order valence-electron chi connectivity index (χ0n) is 17.9. The molecule has 1 heterocycles. The van der Waals surface area contributed by atoms with Gasteiger partial charge in [-0.05, 0) is 61.7 Å². The normalized spacial score (nSPS) is 11.0. The summed E-state index contributed by atoms with van der Waals surface area (Å²) in [5.74, 6) is 0.945. The summed E-state index contributed by atoms with van der Waals surface area (Å²) in [5, 5.41) is 7.48. The third-order valence-electron chi connectivity index (χ3n) is 4.85. The quantitative estimate of drug-likeness (QED) is 0.595. The number of aryl methyl sites for hydroxylation is 1. The van der Waals surface area contributed by atoms with Gasteiger partial charge >= 0.3 is 0 Å². The molecule has 1 amide bonds. The zero-order chi connectivity index (χ0) is 21.7. The van der Waals surface area contributed by atoms with Crippen LogP contribution in [0.1, 0.15) is 36.4 Å². The first-order chi connectivity index (χ1) is 14.3. The third-order valence-corrected chi connectivity index (χ3v) is 4.85. The first-order valence-electron chi connectivity index (χ1n) is 10.1. The summed E-state index contributed by atoms with van der Waals surface area (Å²) >= 11 is 0. The SMILES string of the molecule is Cc1nn(-c2ccc(F)cc2)c(C)c1CC(=O)NCc1ccc(OCC(C)C)cc1. The van der Waals surface area contributed by atoms with Gasteiger partial charge in [0.25, 0.3) is 0 Å². The average Bonchev–Trinajstić information content (AvgIpc) is 3.00. The molecule has 0 bridgehead atoms. The van der Waals surface area contributed by atoms with E-state index in [2.05, 4.69) is 24.3 Å². The maximum Gasteiger partial charge on any atom is 0.224 e. The lowest BCUT2D eigenvalue weighted by molar-refractivity contribution is -0.120. The van der Waals surface area contributed by atoms with Gasteiger partial charge in [-0.2, -0.15) is 5.10 Å². The Morgan fingerprint density at radius 3 is 2.40 bits per heavy atom. The van der Waals surface area contributed by atoms with Gasteiger partial charge in [0.05, 0.1) is 24.4 Å². The number of benzene rings is 2. The van der Waals surface area contributed by atoms with E-state index in [1.165, 1.54) is 12.1 Å². The number of halogens is 1. The Labute approximate surface area is 176 Å². The molecule has 0 aliphatic heterocycles. The van der Waals surface area contributed by atoms with Crippen LogP contribution in [0.5, 0.6) is 5.75 Å². The van der Waals surface area contributed by atoms with Gasteiger partial charge in [0.2, 0.25) is 5.91 Å². The molecule has 0 aliphatic carbocycles. The summed E-state index contributed by atoms with van der Waals surface area (Å²) in [4.78, 5) is 12.5. The topological polar surface area (TPSA) is 56.2 Å². The van der Waals surface area contributed by atoms with Crippen molar-refractivity contribution in [2.45, 2.75) is 40.7 Å². The van der Waals surface area contributed by atoms with Crippen molar-refractivity contribution in [3.8, 4) is 11.4 Å². The number of nitrogens with one attached hydrogen (secondary N) is 1. The fourth-order valence-electron chi connectivity index (χ4n) is 3.15. The molecule has 0 saturated heterocycles. The number of carbonyl (C=O) groups excluding carboxylic acids is 1. The van der Waals surface area contributed by atoms with Crippen LogP contribution in [0, 0.1) is 25.6 Å². The second-order valence-electron chi connectivity index (χ2n) is 7.84. The molecule has 2 aromatic carbocycles. The Kier molecular flexibility index (Phi) is 6.87. The molecule has 0 saturated carbocycles. The molecule has 0 radical (unpaired) electrons. The maximum absolute atomic E-state index is 13.2. The van der Waals surface area contributed by atoms with Crippen LogP contribution in [0.4, 0.5) is 4.39 Å². The van der Waals surface area contributed by atoms with Gasteiger partial charge in [0, 0.05) is 17.8 Å². The second kappa shape index (κ2) is 9.57. The van der Waals surface area contributed by atoms with Crippen LogP contribution in [0.2, 0.25) is 0 Å². The highest BCUT2D eigenvalue weighted by Crippen LogP contribution is 2.19. The minimum atomic E-state index is -0.292. The minimum Gasteiger partial charge on any atom is -0.493 e. The fourth-order valence-corrected chi connectivity index (χ4v) is 3.15. The van der Waals surface area contributed by atoms with Gasteiger partial charge in [0.1, 0.15) is 11.6 Å². The Morgan fingerprint density at radius 2 is 1.77 bits per heavy atom. The Hall–Kier alpha value is -3.15. The zero-order valence-corrected chi connectivity index (χ0v) is 17.9. The molecular weight excluding hydrogens is 381 g/mol.